The maximum atomic E-state index is 14.4. The summed E-state index contributed by atoms with van der Waals surface area (Å²) < 4.78 is 1.70. The normalized spacial score (nSPS) is 14.7. The molecule has 0 saturated heterocycles. The molecular formula is C39H45N5O3. The summed E-state index contributed by atoms with van der Waals surface area (Å²) in [6, 6.07) is 25.4. The molecule has 2 aliphatic rings. The summed E-state index contributed by atoms with van der Waals surface area (Å²) in [4.78, 5) is 45.4. The van der Waals surface area contributed by atoms with E-state index in [-0.39, 0.29) is 17.7 Å². The number of unbranched alkanes of at least 4 members (excludes halogenated alkanes) is 2. The van der Waals surface area contributed by atoms with Crippen molar-refractivity contribution in [3.8, 4) is 5.69 Å². The number of carbonyl (C=O) groups is 3. The molecule has 0 radical (unpaired) electrons. The molecule has 1 aliphatic carbocycles. The Hall–Kier alpha value is -4.72. The zero-order valence-electron chi connectivity index (χ0n) is 27.8. The molecule has 1 aliphatic heterocycles. The van der Waals surface area contributed by atoms with Gasteiger partial charge in [0.25, 0.3) is 11.8 Å². The van der Waals surface area contributed by atoms with E-state index in [1.807, 2.05) is 77.4 Å². The van der Waals surface area contributed by atoms with E-state index in [1.54, 1.807) is 10.7 Å². The lowest BCUT2D eigenvalue weighted by molar-refractivity contribution is -0.118. The van der Waals surface area contributed by atoms with Crippen LogP contribution in [0.2, 0.25) is 0 Å². The zero-order valence-corrected chi connectivity index (χ0v) is 27.8. The van der Waals surface area contributed by atoms with E-state index in [9.17, 15) is 14.4 Å². The summed E-state index contributed by atoms with van der Waals surface area (Å²) in [5, 5.41) is 7.92. The summed E-state index contributed by atoms with van der Waals surface area (Å²) in [5.41, 5.74) is 5.57. The SMILES string of the molecule is CCCCN(CCCC)C(=O)c1cc(C)n(-c2ccc(NC(=O)C3(c4ccccc4)CC3)cc2C(=O)N2CCc3ccccc3C2)n1. The fourth-order valence-electron chi connectivity index (χ4n) is 6.59. The molecule has 2 heterocycles. The number of hydrogen-bond acceptors (Lipinski definition) is 4. The van der Waals surface area contributed by atoms with Crippen LogP contribution in [0, 0.1) is 6.92 Å². The quantitative estimate of drug-likeness (QED) is 0.181. The van der Waals surface area contributed by atoms with Crippen LogP contribution < -0.4 is 5.32 Å². The fraction of sp³-hybridized carbons (Fsp3) is 0.385. The Kier molecular flexibility index (Phi) is 9.57. The third-order valence-corrected chi connectivity index (χ3v) is 9.60. The maximum Gasteiger partial charge on any atom is 0.274 e. The lowest BCUT2D eigenvalue weighted by Gasteiger charge is -2.29. The van der Waals surface area contributed by atoms with Gasteiger partial charge in [-0.2, -0.15) is 5.10 Å². The standard InChI is InChI=1S/C39H45N5O3/c1-4-6-22-42(23-7-5-2)37(46)34-25-28(3)44(41-34)35-18-17-32(40-38(47)39(20-21-39)31-15-9-8-10-16-31)26-33(35)36(45)43-24-19-29-13-11-12-14-30(29)27-43/h8-18,25-26H,4-7,19-24,27H2,1-3H3,(H,40,47). The summed E-state index contributed by atoms with van der Waals surface area (Å²) in [7, 11) is 0. The first-order valence-corrected chi connectivity index (χ1v) is 17.1. The van der Waals surface area contributed by atoms with Crippen molar-refractivity contribution in [2.24, 2.45) is 0 Å². The van der Waals surface area contributed by atoms with Crippen LogP contribution in [0.1, 0.15) is 95.6 Å². The minimum Gasteiger partial charge on any atom is -0.337 e. The fourth-order valence-corrected chi connectivity index (χ4v) is 6.59. The van der Waals surface area contributed by atoms with Crippen LogP contribution in [0.3, 0.4) is 0 Å². The first-order valence-electron chi connectivity index (χ1n) is 17.1. The average molecular weight is 632 g/mol. The van der Waals surface area contributed by atoms with Crippen LogP contribution >= 0.6 is 0 Å². The molecule has 1 aromatic heterocycles. The van der Waals surface area contributed by atoms with Gasteiger partial charge in [0.2, 0.25) is 5.91 Å². The van der Waals surface area contributed by atoms with Crippen molar-refractivity contribution in [1.82, 2.24) is 19.6 Å². The van der Waals surface area contributed by atoms with Crippen molar-refractivity contribution in [3.05, 3.63) is 113 Å². The van der Waals surface area contributed by atoms with Crippen LogP contribution in [0.15, 0.2) is 78.9 Å². The highest BCUT2D eigenvalue weighted by atomic mass is 16.2. The second-order valence-electron chi connectivity index (χ2n) is 13.0. The molecular weight excluding hydrogens is 586 g/mol. The van der Waals surface area contributed by atoms with Gasteiger partial charge in [0.15, 0.2) is 5.69 Å². The molecule has 8 heteroatoms. The predicted octanol–water partition coefficient (Wildman–Crippen LogP) is 7.09. The number of aromatic nitrogens is 2. The van der Waals surface area contributed by atoms with Gasteiger partial charge in [-0.15, -0.1) is 0 Å². The number of nitrogens with zero attached hydrogens (tertiary/aromatic N) is 4. The highest BCUT2D eigenvalue weighted by Crippen LogP contribution is 2.49. The van der Waals surface area contributed by atoms with E-state index in [0.29, 0.717) is 48.8 Å². The second kappa shape index (κ2) is 14.0. The van der Waals surface area contributed by atoms with Gasteiger partial charge in [0, 0.05) is 37.6 Å². The first-order chi connectivity index (χ1) is 22.8. The van der Waals surface area contributed by atoms with Gasteiger partial charge < -0.3 is 15.1 Å². The number of fused-ring (bicyclic) bond motifs is 1. The number of hydrogen-bond donors (Lipinski definition) is 1. The molecule has 0 bridgehead atoms. The molecule has 3 aromatic carbocycles. The number of anilines is 1. The number of aryl methyl sites for hydroxylation is 1. The third-order valence-electron chi connectivity index (χ3n) is 9.60. The van der Waals surface area contributed by atoms with Crippen molar-refractivity contribution in [2.45, 2.75) is 77.7 Å². The Morgan fingerprint density at radius 3 is 2.23 bits per heavy atom. The van der Waals surface area contributed by atoms with Gasteiger partial charge in [0.1, 0.15) is 0 Å². The molecule has 3 amide bonds. The van der Waals surface area contributed by atoms with Gasteiger partial charge in [-0.3, -0.25) is 14.4 Å². The van der Waals surface area contributed by atoms with Crippen LogP contribution in [0.5, 0.6) is 0 Å². The molecule has 8 nitrogen and oxygen atoms in total. The highest BCUT2D eigenvalue weighted by molar-refractivity contribution is 6.04. The number of rotatable bonds is 12. The average Bonchev–Trinajstić information content (AvgIpc) is 3.84. The monoisotopic (exact) mass is 631 g/mol. The molecule has 4 aromatic rings. The van der Waals surface area contributed by atoms with E-state index in [1.165, 1.54) is 5.56 Å². The number of carbonyl (C=O) groups excluding carboxylic acids is 3. The van der Waals surface area contributed by atoms with Crippen molar-refractivity contribution < 1.29 is 14.4 Å². The van der Waals surface area contributed by atoms with E-state index < -0.39 is 5.41 Å². The first kappa shape index (κ1) is 32.2. The Morgan fingerprint density at radius 2 is 1.55 bits per heavy atom. The topological polar surface area (TPSA) is 87.5 Å². The Balaban J connectivity index is 1.34. The van der Waals surface area contributed by atoms with Crippen molar-refractivity contribution in [3.63, 3.8) is 0 Å². The Morgan fingerprint density at radius 1 is 0.872 bits per heavy atom. The van der Waals surface area contributed by atoms with Crippen molar-refractivity contribution in [2.75, 3.05) is 25.0 Å². The van der Waals surface area contributed by atoms with E-state index >= 15 is 0 Å². The van der Waals surface area contributed by atoms with Crippen LogP contribution in [0.25, 0.3) is 5.69 Å². The Bertz CT molecular complexity index is 1750. The lowest BCUT2D eigenvalue weighted by Crippen LogP contribution is -2.36. The van der Waals surface area contributed by atoms with Crippen LogP contribution in [0.4, 0.5) is 5.69 Å². The minimum absolute atomic E-state index is 0.0656. The van der Waals surface area contributed by atoms with Gasteiger partial charge in [-0.05, 0) is 80.0 Å². The second-order valence-corrected chi connectivity index (χ2v) is 13.0. The number of amides is 3. The third kappa shape index (κ3) is 6.73. The molecule has 1 saturated carbocycles. The van der Waals surface area contributed by atoms with Crippen molar-refractivity contribution >= 4 is 23.4 Å². The number of nitrogens with one attached hydrogen (secondary N) is 1. The zero-order chi connectivity index (χ0) is 33.0. The summed E-state index contributed by atoms with van der Waals surface area (Å²) in [6.07, 6.45) is 6.23. The minimum atomic E-state index is -0.546. The molecule has 1 N–H and O–H groups in total. The summed E-state index contributed by atoms with van der Waals surface area (Å²) >= 11 is 0. The van der Waals surface area contributed by atoms with Gasteiger partial charge in [-0.1, -0.05) is 81.3 Å². The van der Waals surface area contributed by atoms with Gasteiger partial charge >= 0.3 is 0 Å². The Labute approximate surface area is 277 Å². The van der Waals surface area contributed by atoms with E-state index in [2.05, 4.69) is 31.3 Å². The largest absolute Gasteiger partial charge is 0.337 e. The van der Waals surface area contributed by atoms with Crippen LogP contribution in [-0.4, -0.2) is 56.9 Å². The molecule has 244 valence electrons. The summed E-state index contributed by atoms with van der Waals surface area (Å²) in [5.74, 6) is -0.289. The predicted molar refractivity (Wildman–Crippen MR) is 185 cm³/mol. The smallest absolute Gasteiger partial charge is 0.274 e. The maximum absolute atomic E-state index is 14.4. The van der Waals surface area contributed by atoms with Gasteiger partial charge in [-0.25, -0.2) is 4.68 Å². The van der Waals surface area contributed by atoms with E-state index in [0.717, 1.165) is 61.8 Å². The molecule has 47 heavy (non-hydrogen) atoms. The molecule has 0 spiro atoms. The highest BCUT2D eigenvalue weighted by Gasteiger charge is 2.51. The lowest BCUT2D eigenvalue weighted by atomic mass is 9.95. The molecule has 6 rings (SSSR count). The molecule has 1 fully saturated rings. The van der Waals surface area contributed by atoms with Crippen LogP contribution in [-0.2, 0) is 23.2 Å². The van der Waals surface area contributed by atoms with Gasteiger partial charge in [0.05, 0.1) is 16.7 Å². The molecule has 0 unspecified atom stereocenters. The van der Waals surface area contributed by atoms with Crippen molar-refractivity contribution in [1.29, 1.82) is 0 Å². The number of benzene rings is 3. The summed E-state index contributed by atoms with van der Waals surface area (Å²) in [6.45, 7) is 8.64. The molecule has 0 atom stereocenters. The van der Waals surface area contributed by atoms with E-state index in [4.69, 9.17) is 5.10 Å².